The Morgan fingerprint density at radius 2 is 1.81 bits per heavy atom. The van der Waals surface area contributed by atoms with Gasteiger partial charge >= 0.3 is 17.6 Å². The topological polar surface area (TPSA) is 132 Å². The Morgan fingerprint density at radius 1 is 1.11 bits per heavy atom. The van der Waals surface area contributed by atoms with Crippen LogP contribution in [0.2, 0.25) is 0 Å². The van der Waals surface area contributed by atoms with Gasteiger partial charge < -0.3 is 25.3 Å². The highest BCUT2D eigenvalue weighted by atomic mass is 16.5. The molecule has 0 bridgehead atoms. The highest BCUT2D eigenvalue weighted by molar-refractivity contribution is 6.05. The maximum Gasteiger partial charge on any atom is 0.344 e. The Bertz CT molecular complexity index is 1100. The molecule has 0 spiro atoms. The van der Waals surface area contributed by atoms with Crippen LogP contribution in [0.5, 0.6) is 5.75 Å². The van der Waals surface area contributed by atoms with Crippen molar-refractivity contribution >= 4 is 39.4 Å². The Hall–Kier alpha value is -3.39. The van der Waals surface area contributed by atoms with Crippen molar-refractivity contribution in [1.29, 1.82) is 0 Å². The van der Waals surface area contributed by atoms with Crippen LogP contribution in [-0.2, 0) is 9.59 Å². The van der Waals surface area contributed by atoms with Crippen LogP contribution in [0.25, 0.3) is 21.7 Å². The average molecular weight is 370 g/mol. The van der Waals surface area contributed by atoms with Crippen molar-refractivity contribution in [3.8, 4) is 5.75 Å². The number of esters is 1. The van der Waals surface area contributed by atoms with Gasteiger partial charge in [0.05, 0.1) is 5.39 Å². The molecule has 4 N–H and O–H groups in total. The molecule has 0 radical (unpaired) electrons. The van der Waals surface area contributed by atoms with Crippen molar-refractivity contribution in [3.05, 3.63) is 46.8 Å². The third-order valence-corrected chi connectivity index (χ3v) is 4.03. The van der Waals surface area contributed by atoms with Crippen molar-refractivity contribution in [2.24, 2.45) is 5.73 Å². The summed E-state index contributed by atoms with van der Waals surface area (Å²) in [4.78, 5) is 34.9. The predicted octanol–water partition coefficient (Wildman–Crippen LogP) is 2.08. The second-order valence-electron chi connectivity index (χ2n) is 6.22. The lowest BCUT2D eigenvalue weighted by molar-refractivity contribution is -0.137. The minimum absolute atomic E-state index is 0.199. The fraction of sp³-hybridized carbons (Fsp3) is 0.211. The van der Waals surface area contributed by atoms with E-state index in [-0.39, 0.29) is 11.1 Å². The molecule has 0 aliphatic rings. The highest BCUT2D eigenvalue weighted by Crippen LogP contribution is 2.28. The largest absolute Gasteiger partial charge is 0.480 e. The molecule has 1 heterocycles. The van der Waals surface area contributed by atoms with E-state index in [4.69, 9.17) is 20.0 Å². The van der Waals surface area contributed by atoms with E-state index in [1.54, 1.807) is 30.3 Å². The van der Waals surface area contributed by atoms with Crippen molar-refractivity contribution in [3.63, 3.8) is 0 Å². The summed E-state index contributed by atoms with van der Waals surface area (Å²) in [6, 6.07) is 8.07. The van der Waals surface area contributed by atoms with E-state index in [1.165, 1.54) is 19.9 Å². The summed E-state index contributed by atoms with van der Waals surface area (Å²) in [7, 11) is 0. The number of nitrogens with one attached hydrogen (secondary N) is 1. The number of carbonyl (C=O) groups excluding carboxylic acids is 1. The lowest BCUT2D eigenvalue weighted by atomic mass is 10.1. The van der Waals surface area contributed by atoms with E-state index in [2.05, 4.69) is 5.32 Å². The van der Waals surface area contributed by atoms with Crippen molar-refractivity contribution < 1.29 is 23.8 Å². The molecule has 0 fully saturated rings. The second-order valence-corrected chi connectivity index (χ2v) is 6.22. The quantitative estimate of drug-likeness (QED) is 0.269. The number of carboxylic acid groups (broad SMARTS) is 1. The van der Waals surface area contributed by atoms with Gasteiger partial charge in [-0.2, -0.15) is 0 Å². The summed E-state index contributed by atoms with van der Waals surface area (Å²) in [5.41, 5.74) is 5.70. The van der Waals surface area contributed by atoms with Crippen LogP contribution in [0.4, 0.5) is 5.69 Å². The molecule has 8 nitrogen and oxygen atoms in total. The molecule has 3 aromatic rings. The molecule has 0 saturated heterocycles. The summed E-state index contributed by atoms with van der Waals surface area (Å²) in [6.07, 6.45) is 0. The summed E-state index contributed by atoms with van der Waals surface area (Å²) in [5, 5.41) is 13.4. The number of hydrogen-bond donors (Lipinski definition) is 3. The smallest absolute Gasteiger partial charge is 0.344 e. The highest BCUT2D eigenvalue weighted by Gasteiger charge is 2.14. The van der Waals surface area contributed by atoms with Crippen LogP contribution < -0.4 is 21.4 Å². The minimum atomic E-state index is -0.996. The van der Waals surface area contributed by atoms with Gasteiger partial charge in [0.1, 0.15) is 23.4 Å². The van der Waals surface area contributed by atoms with Crippen molar-refractivity contribution in [2.75, 3.05) is 5.32 Å². The summed E-state index contributed by atoms with van der Waals surface area (Å²) < 4.78 is 10.5. The fourth-order valence-corrected chi connectivity index (χ4v) is 2.59. The number of benzene rings is 2. The number of aliphatic carboxylic acids is 1. The molecular formula is C19H18N2O6. The molecule has 0 aliphatic carbocycles. The Labute approximate surface area is 153 Å². The third kappa shape index (κ3) is 3.75. The lowest BCUT2D eigenvalue weighted by Gasteiger charge is -2.12. The molecule has 3 rings (SSSR count). The number of carbonyl (C=O) groups is 2. The molecule has 0 unspecified atom stereocenters. The molecule has 2 aromatic carbocycles. The van der Waals surface area contributed by atoms with Crippen LogP contribution in [0.3, 0.4) is 0 Å². The van der Waals surface area contributed by atoms with E-state index >= 15 is 0 Å². The van der Waals surface area contributed by atoms with E-state index in [0.717, 1.165) is 0 Å². The molecule has 2 atom stereocenters. The molecular weight excluding hydrogens is 352 g/mol. The number of carboxylic acids is 1. The molecule has 8 heteroatoms. The van der Waals surface area contributed by atoms with Gasteiger partial charge in [0.2, 0.25) is 0 Å². The first-order valence-electron chi connectivity index (χ1n) is 8.23. The summed E-state index contributed by atoms with van der Waals surface area (Å²) in [6.45, 7) is 3.01. The van der Waals surface area contributed by atoms with Gasteiger partial charge in [0.25, 0.3) is 0 Å². The van der Waals surface area contributed by atoms with Crippen LogP contribution in [0, 0.1) is 0 Å². The summed E-state index contributed by atoms with van der Waals surface area (Å²) >= 11 is 0. The first-order valence-corrected chi connectivity index (χ1v) is 8.23. The molecule has 27 heavy (non-hydrogen) atoms. The predicted molar refractivity (Wildman–Crippen MR) is 100.0 cm³/mol. The summed E-state index contributed by atoms with van der Waals surface area (Å²) in [5.74, 6) is -1.41. The van der Waals surface area contributed by atoms with E-state index in [1.807, 2.05) is 0 Å². The molecule has 0 amide bonds. The second kappa shape index (κ2) is 7.08. The monoisotopic (exact) mass is 370 g/mol. The standard InChI is InChI=1S/C19H18N2O6/c1-9(20)18(24)26-12-4-6-13-14-5-3-11(21-10(2)17(22)23)7-16(14)27-19(25)15(13)8-12/h3-10,21H,20H2,1-2H3,(H,22,23)/t9-,10+/m1/s1. The van der Waals surface area contributed by atoms with E-state index in [9.17, 15) is 14.4 Å². The zero-order chi connectivity index (χ0) is 19.7. The zero-order valence-corrected chi connectivity index (χ0v) is 14.7. The minimum Gasteiger partial charge on any atom is -0.480 e. The van der Waals surface area contributed by atoms with Gasteiger partial charge in [-0.25, -0.2) is 9.59 Å². The van der Waals surface area contributed by atoms with Gasteiger partial charge in [-0.1, -0.05) is 0 Å². The Kier molecular flexibility index (Phi) is 4.83. The zero-order valence-electron chi connectivity index (χ0n) is 14.7. The van der Waals surface area contributed by atoms with Crippen LogP contribution in [0.1, 0.15) is 13.8 Å². The SMILES string of the molecule is C[C@H](Nc1ccc2c(c1)oc(=O)c1cc(OC(=O)[C@@H](C)N)ccc12)C(=O)O. The Balaban J connectivity index is 2.05. The van der Waals surface area contributed by atoms with Gasteiger partial charge in [0, 0.05) is 22.5 Å². The van der Waals surface area contributed by atoms with Crippen molar-refractivity contribution in [1.82, 2.24) is 0 Å². The first-order chi connectivity index (χ1) is 12.8. The fourth-order valence-electron chi connectivity index (χ4n) is 2.59. The van der Waals surface area contributed by atoms with Crippen molar-refractivity contribution in [2.45, 2.75) is 25.9 Å². The number of hydrogen-bond acceptors (Lipinski definition) is 7. The Morgan fingerprint density at radius 3 is 2.48 bits per heavy atom. The number of ether oxygens (including phenoxy) is 1. The molecule has 140 valence electrons. The number of anilines is 1. The first kappa shape index (κ1) is 18.4. The molecule has 0 aliphatic heterocycles. The maximum atomic E-state index is 12.4. The van der Waals surface area contributed by atoms with E-state index in [0.29, 0.717) is 22.0 Å². The van der Waals surface area contributed by atoms with Gasteiger partial charge in [-0.3, -0.25) is 4.79 Å². The number of fused-ring (bicyclic) bond motifs is 3. The third-order valence-electron chi connectivity index (χ3n) is 4.03. The van der Waals surface area contributed by atoms with Gasteiger partial charge in [-0.05, 0) is 44.2 Å². The van der Waals surface area contributed by atoms with Gasteiger partial charge in [-0.15, -0.1) is 0 Å². The lowest BCUT2D eigenvalue weighted by Crippen LogP contribution is -2.30. The molecule has 1 aromatic heterocycles. The van der Waals surface area contributed by atoms with Gasteiger partial charge in [0.15, 0.2) is 0 Å². The van der Waals surface area contributed by atoms with E-state index < -0.39 is 29.6 Å². The number of nitrogens with two attached hydrogens (primary N) is 1. The molecule has 0 saturated carbocycles. The van der Waals surface area contributed by atoms with Crippen LogP contribution in [0.15, 0.2) is 45.6 Å². The van der Waals surface area contributed by atoms with Crippen LogP contribution >= 0.6 is 0 Å². The van der Waals surface area contributed by atoms with Crippen LogP contribution in [-0.4, -0.2) is 29.1 Å². The average Bonchev–Trinajstić information content (AvgIpc) is 2.61. The number of rotatable bonds is 5. The maximum absolute atomic E-state index is 12.4. The normalized spacial score (nSPS) is 13.3.